The number of benzene rings is 3. The van der Waals surface area contributed by atoms with Crippen molar-refractivity contribution in [2.45, 2.75) is 6.54 Å². The molecule has 0 atom stereocenters. The molecule has 4 aromatic rings. The maximum Gasteiger partial charge on any atom is 0.203 e. The molecule has 3 aromatic carbocycles. The van der Waals surface area contributed by atoms with Crippen LogP contribution in [0.2, 0.25) is 0 Å². The van der Waals surface area contributed by atoms with Crippen molar-refractivity contribution >= 4 is 0 Å². The Morgan fingerprint density at radius 3 is 2.03 bits per heavy atom. The van der Waals surface area contributed by atoms with Crippen molar-refractivity contribution < 1.29 is 14.2 Å². The van der Waals surface area contributed by atoms with Crippen molar-refractivity contribution in [3.63, 3.8) is 0 Å². The van der Waals surface area contributed by atoms with E-state index < -0.39 is 0 Å². The first-order valence-corrected chi connectivity index (χ1v) is 9.45. The van der Waals surface area contributed by atoms with E-state index in [0.717, 1.165) is 22.3 Å². The summed E-state index contributed by atoms with van der Waals surface area (Å²) in [5.41, 5.74) is 3.90. The Bertz CT molecular complexity index is 1120. The number of nitrogens with zero attached hydrogens (tertiary/aromatic N) is 4. The Morgan fingerprint density at radius 2 is 1.40 bits per heavy atom. The monoisotopic (exact) mass is 402 g/mol. The second-order valence-corrected chi connectivity index (χ2v) is 6.61. The number of aromatic nitrogens is 4. The minimum atomic E-state index is 0.551. The van der Waals surface area contributed by atoms with Gasteiger partial charge in [0.2, 0.25) is 5.75 Å². The lowest BCUT2D eigenvalue weighted by molar-refractivity contribution is 0.324. The van der Waals surface area contributed by atoms with Gasteiger partial charge in [0, 0.05) is 5.56 Å². The molecule has 1 heterocycles. The predicted octanol–water partition coefficient (Wildman–Crippen LogP) is 4.08. The summed E-state index contributed by atoms with van der Waals surface area (Å²) in [7, 11) is 4.80. The Morgan fingerprint density at radius 1 is 0.767 bits per heavy atom. The number of ether oxygens (including phenoxy) is 3. The maximum absolute atomic E-state index is 5.52. The zero-order chi connectivity index (χ0) is 20.9. The van der Waals surface area contributed by atoms with Gasteiger partial charge in [-0.05, 0) is 39.2 Å². The summed E-state index contributed by atoms with van der Waals surface area (Å²) < 4.78 is 18.3. The van der Waals surface area contributed by atoms with E-state index in [9.17, 15) is 0 Å². The SMILES string of the molecule is COc1cc(-c2ccccc2-c2nnnn2Cc2ccccc2)cc(OC)c1OC. The van der Waals surface area contributed by atoms with Crippen LogP contribution in [0.1, 0.15) is 5.56 Å². The van der Waals surface area contributed by atoms with Crippen molar-refractivity contribution in [1.29, 1.82) is 0 Å². The average molecular weight is 402 g/mol. The first kappa shape index (κ1) is 19.4. The van der Waals surface area contributed by atoms with E-state index in [2.05, 4.69) is 27.7 Å². The molecule has 4 rings (SSSR count). The summed E-state index contributed by atoms with van der Waals surface area (Å²) in [6.45, 7) is 0.576. The minimum Gasteiger partial charge on any atom is -0.493 e. The number of hydrogen-bond donors (Lipinski definition) is 0. The molecule has 0 spiro atoms. The number of hydrogen-bond acceptors (Lipinski definition) is 6. The molecular weight excluding hydrogens is 380 g/mol. The minimum absolute atomic E-state index is 0.551. The summed E-state index contributed by atoms with van der Waals surface area (Å²) in [6, 6.07) is 21.9. The van der Waals surface area contributed by atoms with Crippen LogP contribution in [0, 0.1) is 0 Å². The third-order valence-electron chi connectivity index (χ3n) is 4.85. The van der Waals surface area contributed by atoms with Crippen molar-refractivity contribution in [1.82, 2.24) is 20.2 Å². The Labute approximate surface area is 174 Å². The summed E-state index contributed by atoms with van der Waals surface area (Å²) in [6.07, 6.45) is 0. The van der Waals surface area contributed by atoms with Crippen LogP contribution in [0.25, 0.3) is 22.5 Å². The quantitative estimate of drug-likeness (QED) is 0.464. The van der Waals surface area contributed by atoms with E-state index in [-0.39, 0.29) is 0 Å². The van der Waals surface area contributed by atoms with Crippen molar-refractivity contribution in [2.24, 2.45) is 0 Å². The Hall–Kier alpha value is -3.87. The molecule has 0 amide bonds. The lowest BCUT2D eigenvalue weighted by Crippen LogP contribution is -2.05. The summed E-state index contributed by atoms with van der Waals surface area (Å²) in [5.74, 6) is 2.41. The summed E-state index contributed by atoms with van der Waals surface area (Å²) >= 11 is 0. The second-order valence-electron chi connectivity index (χ2n) is 6.61. The molecule has 0 bridgehead atoms. The van der Waals surface area contributed by atoms with Crippen LogP contribution < -0.4 is 14.2 Å². The number of methoxy groups -OCH3 is 3. The molecule has 0 aliphatic rings. The first-order chi connectivity index (χ1) is 14.7. The predicted molar refractivity (Wildman–Crippen MR) is 114 cm³/mol. The van der Waals surface area contributed by atoms with Crippen LogP contribution in [0.3, 0.4) is 0 Å². The van der Waals surface area contributed by atoms with Gasteiger partial charge in [0.15, 0.2) is 17.3 Å². The Kier molecular flexibility index (Phi) is 5.61. The lowest BCUT2D eigenvalue weighted by Gasteiger charge is -2.16. The third-order valence-corrected chi connectivity index (χ3v) is 4.85. The van der Waals surface area contributed by atoms with Crippen LogP contribution in [0.4, 0.5) is 0 Å². The molecule has 1 aromatic heterocycles. The molecule has 0 saturated heterocycles. The first-order valence-electron chi connectivity index (χ1n) is 9.45. The highest BCUT2D eigenvalue weighted by molar-refractivity contribution is 5.83. The van der Waals surface area contributed by atoms with E-state index >= 15 is 0 Å². The van der Waals surface area contributed by atoms with Gasteiger partial charge in [-0.25, -0.2) is 4.68 Å². The molecule has 0 aliphatic heterocycles. The molecule has 0 fully saturated rings. The standard InChI is InChI=1S/C23H22N4O3/c1-28-20-13-17(14-21(29-2)22(20)30-3)18-11-7-8-12-19(18)23-24-25-26-27(23)15-16-9-5-4-6-10-16/h4-14H,15H2,1-3H3. The van der Waals surface area contributed by atoms with Gasteiger partial charge in [0.1, 0.15) is 0 Å². The fraction of sp³-hybridized carbons (Fsp3) is 0.174. The smallest absolute Gasteiger partial charge is 0.203 e. The van der Waals surface area contributed by atoms with Gasteiger partial charge in [-0.2, -0.15) is 0 Å². The molecule has 7 nitrogen and oxygen atoms in total. The zero-order valence-electron chi connectivity index (χ0n) is 17.1. The van der Waals surface area contributed by atoms with Crippen molar-refractivity contribution in [3.05, 3.63) is 72.3 Å². The molecule has 7 heteroatoms. The van der Waals surface area contributed by atoms with E-state index in [4.69, 9.17) is 14.2 Å². The van der Waals surface area contributed by atoms with E-state index in [1.54, 1.807) is 26.0 Å². The van der Waals surface area contributed by atoms with Gasteiger partial charge < -0.3 is 14.2 Å². The molecular formula is C23H22N4O3. The van der Waals surface area contributed by atoms with E-state index in [1.165, 1.54) is 0 Å². The highest BCUT2D eigenvalue weighted by Crippen LogP contribution is 2.43. The average Bonchev–Trinajstić information content (AvgIpc) is 3.26. The molecule has 0 unspecified atom stereocenters. The number of tetrazole rings is 1. The highest BCUT2D eigenvalue weighted by Gasteiger charge is 2.18. The van der Waals surface area contributed by atoms with Gasteiger partial charge in [0.05, 0.1) is 27.9 Å². The maximum atomic E-state index is 5.52. The van der Waals surface area contributed by atoms with Crippen LogP contribution in [0.5, 0.6) is 17.2 Å². The topological polar surface area (TPSA) is 71.3 Å². The van der Waals surface area contributed by atoms with Crippen LogP contribution in [-0.2, 0) is 6.54 Å². The molecule has 0 radical (unpaired) electrons. The fourth-order valence-corrected chi connectivity index (χ4v) is 3.43. The van der Waals surface area contributed by atoms with E-state index in [1.807, 2.05) is 54.6 Å². The van der Waals surface area contributed by atoms with Gasteiger partial charge in [-0.1, -0.05) is 54.6 Å². The fourth-order valence-electron chi connectivity index (χ4n) is 3.43. The molecule has 30 heavy (non-hydrogen) atoms. The third kappa shape index (κ3) is 3.69. The van der Waals surface area contributed by atoms with Crippen LogP contribution in [0.15, 0.2) is 66.7 Å². The second kappa shape index (κ2) is 8.65. The molecule has 0 aliphatic carbocycles. The van der Waals surface area contributed by atoms with Gasteiger partial charge in [-0.15, -0.1) is 5.10 Å². The number of rotatable bonds is 7. The lowest BCUT2D eigenvalue weighted by atomic mass is 9.98. The van der Waals surface area contributed by atoms with Crippen LogP contribution >= 0.6 is 0 Å². The zero-order valence-corrected chi connectivity index (χ0v) is 17.1. The molecule has 152 valence electrons. The van der Waals surface area contributed by atoms with Crippen molar-refractivity contribution in [3.8, 4) is 39.8 Å². The van der Waals surface area contributed by atoms with Gasteiger partial charge in [0.25, 0.3) is 0 Å². The summed E-state index contributed by atoms with van der Waals surface area (Å²) in [5, 5.41) is 12.4. The van der Waals surface area contributed by atoms with E-state index in [0.29, 0.717) is 29.6 Å². The van der Waals surface area contributed by atoms with Crippen molar-refractivity contribution in [2.75, 3.05) is 21.3 Å². The molecule has 0 N–H and O–H groups in total. The normalized spacial score (nSPS) is 10.6. The van der Waals surface area contributed by atoms with Crippen LogP contribution in [-0.4, -0.2) is 41.5 Å². The summed E-state index contributed by atoms with van der Waals surface area (Å²) in [4.78, 5) is 0. The highest BCUT2D eigenvalue weighted by atomic mass is 16.5. The van der Waals surface area contributed by atoms with Gasteiger partial charge in [-0.3, -0.25) is 0 Å². The van der Waals surface area contributed by atoms with Gasteiger partial charge >= 0.3 is 0 Å². The Balaban J connectivity index is 1.82. The largest absolute Gasteiger partial charge is 0.493 e. The molecule has 0 saturated carbocycles.